The molecule has 2 atom stereocenters. The number of fused-ring (bicyclic) bond motifs is 5. The first kappa shape index (κ1) is 18.4. The molecule has 0 radical (unpaired) electrons. The van der Waals surface area contributed by atoms with Gasteiger partial charge in [0.25, 0.3) is 5.91 Å². The van der Waals surface area contributed by atoms with E-state index in [9.17, 15) is 4.79 Å². The van der Waals surface area contributed by atoms with E-state index in [-0.39, 0.29) is 18.0 Å². The number of H-pyrrole nitrogens is 1. The van der Waals surface area contributed by atoms with E-state index in [0.29, 0.717) is 0 Å². The molecule has 6 nitrogen and oxygen atoms in total. The molecular formula is C25H25N5O. The molecule has 2 aromatic carbocycles. The summed E-state index contributed by atoms with van der Waals surface area (Å²) < 4.78 is 2.00. The minimum absolute atomic E-state index is 0.0408. The van der Waals surface area contributed by atoms with Crippen LogP contribution < -0.4 is 0 Å². The predicted octanol–water partition coefficient (Wildman–Crippen LogP) is 4.56. The van der Waals surface area contributed by atoms with Gasteiger partial charge in [-0.15, -0.1) is 0 Å². The molecule has 6 rings (SSSR count). The molecule has 2 bridgehead atoms. The fraction of sp³-hybridized carbons (Fsp3) is 0.320. The second-order valence-corrected chi connectivity index (χ2v) is 8.85. The van der Waals surface area contributed by atoms with E-state index in [4.69, 9.17) is 5.10 Å². The van der Waals surface area contributed by atoms with E-state index in [1.807, 2.05) is 36.9 Å². The van der Waals surface area contributed by atoms with Crippen LogP contribution in [0.15, 0.2) is 48.7 Å². The largest absolute Gasteiger partial charge is 0.327 e. The van der Waals surface area contributed by atoms with E-state index < -0.39 is 0 Å². The Morgan fingerprint density at radius 1 is 1.16 bits per heavy atom. The van der Waals surface area contributed by atoms with Crippen LogP contribution in [0.5, 0.6) is 0 Å². The van der Waals surface area contributed by atoms with Crippen LogP contribution >= 0.6 is 0 Å². The number of aromatic nitrogens is 4. The van der Waals surface area contributed by atoms with E-state index in [2.05, 4.69) is 39.4 Å². The number of rotatable bonds is 2. The molecule has 156 valence electrons. The third-order valence-electron chi connectivity index (χ3n) is 6.95. The Bertz CT molecular complexity index is 1300. The van der Waals surface area contributed by atoms with Crippen LogP contribution in [0.1, 0.15) is 52.5 Å². The zero-order valence-electron chi connectivity index (χ0n) is 17.8. The Kier molecular flexibility index (Phi) is 4.03. The van der Waals surface area contributed by atoms with Crippen LogP contribution in [0.25, 0.3) is 22.2 Å². The summed E-state index contributed by atoms with van der Waals surface area (Å²) in [7, 11) is 2.02. The maximum absolute atomic E-state index is 13.8. The minimum Gasteiger partial charge on any atom is -0.327 e. The lowest BCUT2D eigenvalue weighted by Crippen LogP contribution is -2.49. The van der Waals surface area contributed by atoms with Crippen molar-refractivity contribution in [2.75, 3.05) is 0 Å². The van der Waals surface area contributed by atoms with Crippen LogP contribution in [0, 0.1) is 6.92 Å². The fourth-order valence-electron chi connectivity index (χ4n) is 5.61. The van der Waals surface area contributed by atoms with E-state index in [1.54, 1.807) is 6.20 Å². The summed E-state index contributed by atoms with van der Waals surface area (Å²) >= 11 is 0. The van der Waals surface area contributed by atoms with Gasteiger partial charge in [-0.3, -0.25) is 14.6 Å². The molecule has 0 unspecified atom stereocenters. The summed E-state index contributed by atoms with van der Waals surface area (Å²) in [6, 6.07) is 14.7. The number of benzene rings is 2. The molecule has 1 saturated heterocycles. The summed E-state index contributed by atoms with van der Waals surface area (Å²) in [6.45, 7) is 2.03. The lowest BCUT2D eigenvalue weighted by molar-refractivity contribution is 0.0392. The second-order valence-electron chi connectivity index (χ2n) is 8.85. The molecule has 0 saturated carbocycles. The maximum Gasteiger partial charge on any atom is 0.254 e. The van der Waals surface area contributed by atoms with Crippen molar-refractivity contribution in [1.82, 2.24) is 24.9 Å². The fourth-order valence-corrected chi connectivity index (χ4v) is 5.61. The number of carbonyl (C=O) groups is 1. The molecule has 2 aliphatic rings. The van der Waals surface area contributed by atoms with Gasteiger partial charge in [-0.25, -0.2) is 0 Å². The van der Waals surface area contributed by atoms with E-state index in [1.165, 1.54) is 16.8 Å². The highest BCUT2D eigenvalue weighted by Crippen LogP contribution is 2.45. The monoisotopic (exact) mass is 411 g/mol. The highest BCUT2D eigenvalue weighted by molar-refractivity contribution is 5.99. The van der Waals surface area contributed by atoms with Gasteiger partial charge in [0.05, 0.1) is 29.1 Å². The molecule has 6 heteroatoms. The zero-order valence-corrected chi connectivity index (χ0v) is 17.8. The molecular weight excluding hydrogens is 386 g/mol. The number of hydrogen-bond acceptors (Lipinski definition) is 3. The van der Waals surface area contributed by atoms with Gasteiger partial charge in [0.1, 0.15) is 0 Å². The summed E-state index contributed by atoms with van der Waals surface area (Å²) in [5, 5.41) is 13.1. The third-order valence-corrected chi connectivity index (χ3v) is 6.95. The molecule has 1 fully saturated rings. The molecule has 2 aromatic heterocycles. The van der Waals surface area contributed by atoms with Crippen molar-refractivity contribution >= 4 is 16.8 Å². The third kappa shape index (κ3) is 2.74. The average molecular weight is 412 g/mol. The molecule has 2 aliphatic heterocycles. The Morgan fingerprint density at radius 2 is 2.00 bits per heavy atom. The standard InChI is InChI=1S/C25H25N5O/c1-15-11-17(12-18-14-26-27-22(15)18)25(31)30-19-9-6-10-21(30)23-20(13-19)24(29(2)28-23)16-7-4-3-5-8-16/h3-5,7-8,11-12,14,19,21H,6,9-10,13H2,1-2H3,(H,26,27)/t19-,21+/m1/s1. The first-order valence-electron chi connectivity index (χ1n) is 11.0. The van der Waals surface area contributed by atoms with Gasteiger partial charge in [0.15, 0.2) is 0 Å². The molecule has 1 N–H and O–H groups in total. The van der Waals surface area contributed by atoms with Crippen molar-refractivity contribution in [3.05, 3.63) is 71.0 Å². The van der Waals surface area contributed by atoms with Crippen LogP contribution in [0.3, 0.4) is 0 Å². The molecule has 0 aliphatic carbocycles. The van der Waals surface area contributed by atoms with Crippen LogP contribution in [0.4, 0.5) is 0 Å². The number of piperidine rings is 1. The summed E-state index contributed by atoms with van der Waals surface area (Å²) in [5.74, 6) is 0.110. The van der Waals surface area contributed by atoms with Crippen molar-refractivity contribution in [2.24, 2.45) is 7.05 Å². The van der Waals surface area contributed by atoms with Crippen molar-refractivity contribution < 1.29 is 4.79 Å². The van der Waals surface area contributed by atoms with Gasteiger partial charge in [-0.1, -0.05) is 30.3 Å². The van der Waals surface area contributed by atoms with E-state index >= 15 is 0 Å². The molecule has 4 aromatic rings. The van der Waals surface area contributed by atoms with E-state index in [0.717, 1.165) is 53.4 Å². The van der Waals surface area contributed by atoms with Gasteiger partial charge in [-0.05, 0) is 50.3 Å². The highest BCUT2D eigenvalue weighted by atomic mass is 16.2. The SMILES string of the molecule is Cc1cc(C(=O)N2[C@@H]3CCC[C@H]2c2nn(C)c(-c4ccccc4)c2C3)cc2cn[nH]c12. The number of hydrogen-bond donors (Lipinski definition) is 1. The Hall–Kier alpha value is -3.41. The maximum atomic E-state index is 13.8. The summed E-state index contributed by atoms with van der Waals surface area (Å²) in [4.78, 5) is 15.9. The first-order valence-corrected chi connectivity index (χ1v) is 11.0. The van der Waals surface area contributed by atoms with Crippen molar-refractivity contribution in [2.45, 2.75) is 44.7 Å². The normalized spacial score (nSPS) is 20.1. The van der Waals surface area contributed by atoms with Crippen LogP contribution in [0.2, 0.25) is 0 Å². The quantitative estimate of drug-likeness (QED) is 0.526. The predicted molar refractivity (Wildman–Crippen MR) is 120 cm³/mol. The van der Waals surface area contributed by atoms with Crippen LogP contribution in [-0.2, 0) is 13.5 Å². The lowest BCUT2D eigenvalue weighted by atomic mass is 9.81. The smallest absolute Gasteiger partial charge is 0.254 e. The summed E-state index contributed by atoms with van der Waals surface area (Å²) in [5.41, 5.74) is 7.56. The van der Waals surface area contributed by atoms with Crippen molar-refractivity contribution in [3.63, 3.8) is 0 Å². The number of nitrogens with zero attached hydrogens (tertiary/aromatic N) is 4. The van der Waals surface area contributed by atoms with Gasteiger partial charge in [0, 0.05) is 35.2 Å². The average Bonchev–Trinajstić information content (AvgIpc) is 3.38. The number of amides is 1. The number of aromatic amines is 1. The Balaban J connectivity index is 1.44. The van der Waals surface area contributed by atoms with Gasteiger partial charge in [0.2, 0.25) is 0 Å². The summed E-state index contributed by atoms with van der Waals surface area (Å²) in [6.07, 6.45) is 5.79. The second kappa shape index (κ2) is 6.80. The van der Waals surface area contributed by atoms with Gasteiger partial charge < -0.3 is 4.90 Å². The Labute approximate surface area is 180 Å². The van der Waals surface area contributed by atoms with Crippen molar-refractivity contribution in [1.29, 1.82) is 0 Å². The first-order chi connectivity index (χ1) is 15.1. The van der Waals surface area contributed by atoms with Crippen molar-refractivity contribution in [3.8, 4) is 11.3 Å². The topological polar surface area (TPSA) is 66.8 Å². The molecule has 1 amide bonds. The molecule has 4 heterocycles. The minimum atomic E-state index is 0.0408. The van der Waals surface area contributed by atoms with Gasteiger partial charge >= 0.3 is 0 Å². The molecule has 31 heavy (non-hydrogen) atoms. The highest BCUT2D eigenvalue weighted by Gasteiger charge is 2.43. The van der Waals surface area contributed by atoms with Crippen LogP contribution in [-0.4, -0.2) is 36.8 Å². The molecule has 0 spiro atoms. The number of nitrogens with one attached hydrogen (secondary N) is 1. The zero-order chi connectivity index (χ0) is 21.1. The lowest BCUT2D eigenvalue weighted by Gasteiger charge is -2.45. The van der Waals surface area contributed by atoms with Gasteiger partial charge in [-0.2, -0.15) is 10.2 Å². The Morgan fingerprint density at radius 3 is 2.84 bits per heavy atom. The number of aryl methyl sites for hydroxylation is 2. The number of carbonyl (C=O) groups excluding carboxylic acids is 1.